The van der Waals surface area contributed by atoms with Crippen molar-refractivity contribution in [2.75, 3.05) is 18.0 Å². The fraction of sp³-hybridized carbons (Fsp3) is 0.611. The Morgan fingerprint density at radius 3 is 2.74 bits per heavy atom. The van der Waals surface area contributed by atoms with Gasteiger partial charge in [-0.15, -0.1) is 0 Å². The van der Waals surface area contributed by atoms with Gasteiger partial charge in [0.05, 0.1) is 5.92 Å². The maximum absolute atomic E-state index is 12.0. The molecular weight excluding hydrogens is 290 g/mol. The summed E-state index contributed by atoms with van der Waals surface area (Å²) in [5, 5.41) is 2.43. The monoisotopic (exact) mass is 315 g/mol. The molecule has 1 unspecified atom stereocenters. The Morgan fingerprint density at radius 1 is 1.26 bits per heavy atom. The lowest BCUT2D eigenvalue weighted by Crippen LogP contribution is -2.39. The molecule has 2 aliphatic heterocycles. The smallest absolute Gasteiger partial charge is 0.234 e. The zero-order chi connectivity index (χ0) is 16.2. The van der Waals surface area contributed by atoms with Crippen molar-refractivity contribution in [3.63, 3.8) is 0 Å². The lowest BCUT2D eigenvalue weighted by Gasteiger charge is -2.33. The summed E-state index contributed by atoms with van der Waals surface area (Å²) >= 11 is 0. The van der Waals surface area contributed by atoms with Crippen LogP contribution in [-0.4, -0.2) is 29.9 Å². The van der Waals surface area contributed by atoms with Crippen LogP contribution in [0.3, 0.4) is 0 Å². The van der Waals surface area contributed by atoms with Crippen LogP contribution in [0.15, 0.2) is 18.3 Å². The minimum absolute atomic E-state index is 0.168. The van der Waals surface area contributed by atoms with Gasteiger partial charge in [-0.1, -0.05) is 19.8 Å². The predicted octanol–water partition coefficient (Wildman–Crippen LogP) is 2.62. The van der Waals surface area contributed by atoms with Crippen LogP contribution in [-0.2, 0) is 9.59 Å². The number of carbonyl (C=O) groups is 2. The van der Waals surface area contributed by atoms with Crippen molar-refractivity contribution in [2.45, 2.75) is 51.4 Å². The summed E-state index contributed by atoms with van der Waals surface area (Å²) in [6.45, 7) is 4.32. The summed E-state index contributed by atoms with van der Waals surface area (Å²) in [6, 6.07) is 3.92. The average molecular weight is 315 g/mol. The van der Waals surface area contributed by atoms with Gasteiger partial charge in [0.15, 0.2) is 0 Å². The fourth-order valence-corrected chi connectivity index (χ4v) is 3.69. The van der Waals surface area contributed by atoms with Crippen molar-refractivity contribution in [3.05, 3.63) is 23.9 Å². The Bertz CT molecular complexity index is 579. The number of nitrogens with zero attached hydrogens (tertiary/aromatic N) is 2. The van der Waals surface area contributed by atoms with E-state index in [9.17, 15) is 9.59 Å². The van der Waals surface area contributed by atoms with Crippen molar-refractivity contribution >= 4 is 17.6 Å². The lowest BCUT2D eigenvalue weighted by atomic mass is 9.90. The van der Waals surface area contributed by atoms with Crippen molar-refractivity contribution in [1.82, 2.24) is 10.3 Å². The topological polar surface area (TPSA) is 62.3 Å². The summed E-state index contributed by atoms with van der Waals surface area (Å²) < 4.78 is 0. The van der Waals surface area contributed by atoms with Gasteiger partial charge in [-0.05, 0) is 42.9 Å². The Balaban J connectivity index is 1.68. The lowest BCUT2D eigenvalue weighted by molar-refractivity contribution is -0.134. The van der Waals surface area contributed by atoms with Crippen LogP contribution in [0, 0.1) is 5.92 Å². The zero-order valence-electron chi connectivity index (χ0n) is 13.8. The van der Waals surface area contributed by atoms with Crippen LogP contribution in [0.1, 0.15) is 56.9 Å². The highest BCUT2D eigenvalue weighted by Crippen LogP contribution is 2.29. The summed E-state index contributed by atoms with van der Waals surface area (Å²) in [6.07, 6.45) is 7.80. The number of amides is 2. The van der Waals surface area contributed by atoms with Gasteiger partial charge in [0.2, 0.25) is 11.8 Å². The van der Waals surface area contributed by atoms with Crippen LogP contribution < -0.4 is 10.2 Å². The Morgan fingerprint density at radius 2 is 2.04 bits per heavy atom. The van der Waals surface area contributed by atoms with E-state index >= 15 is 0 Å². The van der Waals surface area contributed by atoms with E-state index in [-0.39, 0.29) is 17.7 Å². The molecule has 2 amide bonds. The third-order valence-electron chi connectivity index (χ3n) is 5.05. The first-order valence-corrected chi connectivity index (χ1v) is 8.72. The summed E-state index contributed by atoms with van der Waals surface area (Å²) in [5.41, 5.74) is 0.968. The molecule has 124 valence electrons. The first-order chi connectivity index (χ1) is 11.2. The van der Waals surface area contributed by atoms with E-state index in [1.54, 1.807) is 6.20 Å². The minimum atomic E-state index is -0.230. The van der Waals surface area contributed by atoms with Gasteiger partial charge in [0.25, 0.3) is 0 Å². The quantitative estimate of drug-likeness (QED) is 0.868. The summed E-state index contributed by atoms with van der Waals surface area (Å²) in [5.74, 6) is 1.22. The van der Waals surface area contributed by atoms with Gasteiger partial charge in [0.1, 0.15) is 5.82 Å². The highest BCUT2D eigenvalue weighted by Gasteiger charge is 2.28. The van der Waals surface area contributed by atoms with Crippen molar-refractivity contribution < 1.29 is 9.59 Å². The second-order valence-electron chi connectivity index (χ2n) is 6.67. The average Bonchev–Trinajstić information content (AvgIpc) is 2.56. The van der Waals surface area contributed by atoms with Gasteiger partial charge >= 0.3 is 0 Å². The normalized spacial score (nSPS) is 23.0. The highest BCUT2D eigenvalue weighted by atomic mass is 16.2. The van der Waals surface area contributed by atoms with Crippen molar-refractivity contribution in [2.24, 2.45) is 5.92 Å². The fourth-order valence-electron chi connectivity index (χ4n) is 3.69. The molecular formula is C18H25N3O2. The molecule has 2 saturated heterocycles. The molecule has 0 spiro atoms. The number of hydrogen-bond donors (Lipinski definition) is 1. The number of hydrogen-bond acceptors (Lipinski definition) is 4. The van der Waals surface area contributed by atoms with E-state index in [4.69, 9.17) is 0 Å². The molecule has 0 aliphatic carbocycles. The third-order valence-corrected chi connectivity index (χ3v) is 5.05. The predicted molar refractivity (Wildman–Crippen MR) is 89.2 cm³/mol. The molecule has 1 aromatic rings. The number of pyridine rings is 1. The molecule has 0 bridgehead atoms. The number of carbonyl (C=O) groups excluding carboxylic acids is 2. The van der Waals surface area contributed by atoms with Gasteiger partial charge in [-0.2, -0.15) is 0 Å². The highest BCUT2D eigenvalue weighted by molar-refractivity contribution is 6.00. The largest absolute Gasteiger partial charge is 0.357 e. The van der Waals surface area contributed by atoms with Crippen LogP contribution in [0.4, 0.5) is 5.82 Å². The Labute approximate surface area is 137 Å². The van der Waals surface area contributed by atoms with Crippen LogP contribution in [0.5, 0.6) is 0 Å². The van der Waals surface area contributed by atoms with E-state index in [1.807, 2.05) is 12.1 Å². The Kier molecular flexibility index (Phi) is 4.94. The zero-order valence-corrected chi connectivity index (χ0v) is 13.8. The minimum Gasteiger partial charge on any atom is -0.357 e. The van der Waals surface area contributed by atoms with Crippen LogP contribution >= 0.6 is 0 Å². The number of nitrogens with one attached hydrogen (secondary N) is 1. The number of rotatable bonds is 4. The van der Waals surface area contributed by atoms with Gasteiger partial charge in [0, 0.05) is 25.7 Å². The summed E-state index contributed by atoms with van der Waals surface area (Å²) in [7, 11) is 0. The molecule has 5 heteroatoms. The van der Waals surface area contributed by atoms with E-state index in [0.29, 0.717) is 12.8 Å². The molecule has 1 aromatic heterocycles. The molecule has 0 radical (unpaired) electrons. The van der Waals surface area contributed by atoms with Gasteiger partial charge in [-0.3, -0.25) is 14.9 Å². The number of imide groups is 1. The van der Waals surface area contributed by atoms with Gasteiger partial charge < -0.3 is 4.90 Å². The van der Waals surface area contributed by atoms with Crippen molar-refractivity contribution in [1.29, 1.82) is 0 Å². The molecule has 0 saturated carbocycles. The summed E-state index contributed by atoms with van der Waals surface area (Å²) in [4.78, 5) is 30.2. The van der Waals surface area contributed by atoms with Crippen LogP contribution in [0.2, 0.25) is 0 Å². The Hall–Kier alpha value is -1.91. The maximum atomic E-state index is 12.0. The molecule has 1 N–H and O–H groups in total. The second-order valence-corrected chi connectivity index (χ2v) is 6.67. The molecule has 2 aliphatic rings. The number of aromatic nitrogens is 1. The first-order valence-electron chi connectivity index (χ1n) is 8.72. The molecule has 23 heavy (non-hydrogen) atoms. The second kappa shape index (κ2) is 7.11. The number of anilines is 1. The standard InChI is InChI=1S/C18H25N3O2/c1-2-3-13-7-10-21(11-8-13)16-12-14(6-9-19-16)15-4-5-17(22)20-18(15)23/h6,9,12-13,15H,2-5,7-8,10-11H2,1H3,(H,20,22,23). The molecule has 2 fully saturated rings. The van der Waals surface area contributed by atoms with E-state index in [2.05, 4.69) is 22.1 Å². The van der Waals surface area contributed by atoms with Gasteiger partial charge in [-0.25, -0.2) is 4.98 Å². The maximum Gasteiger partial charge on any atom is 0.234 e. The van der Waals surface area contributed by atoms with Crippen molar-refractivity contribution in [3.8, 4) is 0 Å². The third kappa shape index (κ3) is 3.71. The first kappa shape index (κ1) is 16.0. The molecule has 3 rings (SSSR count). The van der Waals surface area contributed by atoms with E-state index in [0.717, 1.165) is 30.4 Å². The van der Waals surface area contributed by atoms with E-state index < -0.39 is 0 Å². The molecule has 0 aromatic carbocycles. The molecule has 5 nitrogen and oxygen atoms in total. The van der Waals surface area contributed by atoms with Crippen LogP contribution in [0.25, 0.3) is 0 Å². The molecule has 3 heterocycles. The van der Waals surface area contributed by atoms with E-state index in [1.165, 1.54) is 25.7 Å². The molecule has 1 atom stereocenters. The number of piperidine rings is 2. The SMILES string of the molecule is CCCC1CCN(c2cc(C3CCC(=O)NC3=O)ccn2)CC1.